The molecule has 80 valence electrons. The van der Waals surface area contributed by atoms with Crippen molar-refractivity contribution in [2.24, 2.45) is 0 Å². The maximum absolute atomic E-state index is 5.64. The lowest BCUT2D eigenvalue weighted by atomic mass is 10.1. The zero-order valence-electron chi connectivity index (χ0n) is 9.34. The van der Waals surface area contributed by atoms with Crippen LogP contribution < -0.4 is 5.32 Å². The van der Waals surface area contributed by atoms with E-state index in [0.717, 1.165) is 25.0 Å². The lowest BCUT2D eigenvalue weighted by Crippen LogP contribution is -2.09. The molecule has 1 aromatic carbocycles. The molecule has 1 aromatic heterocycles. The zero-order valence-corrected chi connectivity index (χ0v) is 9.34. The van der Waals surface area contributed by atoms with E-state index in [2.05, 4.69) is 30.4 Å². The number of hydrogen-bond acceptors (Lipinski definition) is 2. The van der Waals surface area contributed by atoms with Gasteiger partial charge in [0.2, 0.25) is 0 Å². The Balaban J connectivity index is 2.42. The van der Waals surface area contributed by atoms with Gasteiger partial charge in [-0.1, -0.05) is 25.1 Å². The van der Waals surface area contributed by atoms with Crippen LogP contribution in [-0.2, 0) is 12.8 Å². The fourth-order valence-electron chi connectivity index (χ4n) is 1.90. The standard InChI is InChI=1S/C13H17NO/c1-3-10-5-4-6-12-11(7-8-14-2)9-15-13(10)12/h4-6,9,14H,3,7-8H2,1-2H3. The minimum Gasteiger partial charge on any atom is -0.464 e. The molecule has 1 heterocycles. The van der Waals surface area contributed by atoms with Crippen LogP contribution in [0.25, 0.3) is 11.0 Å². The molecule has 0 bridgehead atoms. The van der Waals surface area contributed by atoms with Crippen LogP contribution in [0.2, 0.25) is 0 Å². The lowest BCUT2D eigenvalue weighted by molar-refractivity contribution is 0.605. The Morgan fingerprint density at radius 2 is 2.13 bits per heavy atom. The van der Waals surface area contributed by atoms with Gasteiger partial charge in [-0.3, -0.25) is 0 Å². The fraction of sp³-hybridized carbons (Fsp3) is 0.385. The Bertz CT molecular complexity index is 445. The molecule has 2 rings (SSSR count). The third-order valence-corrected chi connectivity index (χ3v) is 2.79. The van der Waals surface area contributed by atoms with Crippen LogP contribution in [0.4, 0.5) is 0 Å². The molecule has 0 aliphatic carbocycles. The van der Waals surface area contributed by atoms with E-state index in [4.69, 9.17) is 4.42 Å². The molecular weight excluding hydrogens is 186 g/mol. The summed E-state index contributed by atoms with van der Waals surface area (Å²) >= 11 is 0. The van der Waals surface area contributed by atoms with Crippen LogP contribution in [0.15, 0.2) is 28.9 Å². The molecule has 0 atom stereocenters. The molecule has 2 heteroatoms. The molecule has 0 fully saturated rings. The summed E-state index contributed by atoms with van der Waals surface area (Å²) < 4.78 is 5.64. The molecule has 2 aromatic rings. The number of aryl methyl sites for hydroxylation is 1. The first-order valence-corrected chi connectivity index (χ1v) is 5.49. The van der Waals surface area contributed by atoms with Gasteiger partial charge < -0.3 is 9.73 Å². The molecule has 0 saturated carbocycles. The molecule has 0 amide bonds. The molecule has 0 saturated heterocycles. The van der Waals surface area contributed by atoms with E-state index in [1.54, 1.807) is 0 Å². The maximum atomic E-state index is 5.64. The van der Waals surface area contributed by atoms with E-state index >= 15 is 0 Å². The number of hydrogen-bond donors (Lipinski definition) is 1. The Morgan fingerprint density at radius 3 is 2.87 bits per heavy atom. The van der Waals surface area contributed by atoms with Crippen molar-refractivity contribution >= 4 is 11.0 Å². The summed E-state index contributed by atoms with van der Waals surface area (Å²) in [6.45, 7) is 3.15. The van der Waals surface area contributed by atoms with E-state index in [1.165, 1.54) is 16.5 Å². The second-order valence-corrected chi connectivity index (χ2v) is 3.76. The SMILES string of the molecule is CCc1cccc2c(CCNC)coc12. The Morgan fingerprint density at radius 1 is 1.27 bits per heavy atom. The number of rotatable bonds is 4. The highest BCUT2D eigenvalue weighted by Crippen LogP contribution is 2.25. The Labute approximate surface area is 90.3 Å². The monoisotopic (exact) mass is 203 g/mol. The number of furan rings is 1. The van der Waals surface area contributed by atoms with Crippen molar-refractivity contribution in [1.29, 1.82) is 0 Å². The van der Waals surface area contributed by atoms with Crippen LogP contribution in [-0.4, -0.2) is 13.6 Å². The fourth-order valence-corrected chi connectivity index (χ4v) is 1.90. The van der Waals surface area contributed by atoms with E-state index in [1.807, 2.05) is 13.3 Å². The van der Waals surface area contributed by atoms with E-state index in [0.29, 0.717) is 0 Å². The number of para-hydroxylation sites is 1. The van der Waals surface area contributed by atoms with Gasteiger partial charge in [-0.25, -0.2) is 0 Å². The van der Waals surface area contributed by atoms with Crippen molar-refractivity contribution in [3.63, 3.8) is 0 Å². The smallest absolute Gasteiger partial charge is 0.137 e. The van der Waals surface area contributed by atoms with Crippen molar-refractivity contribution in [3.05, 3.63) is 35.6 Å². The summed E-state index contributed by atoms with van der Waals surface area (Å²) in [5, 5.41) is 4.43. The van der Waals surface area contributed by atoms with Crippen LogP contribution in [0.3, 0.4) is 0 Å². The average Bonchev–Trinajstić information content (AvgIpc) is 2.69. The van der Waals surface area contributed by atoms with Crippen molar-refractivity contribution in [1.82, 2.24) is 5.32 Å². The van der Waals surface area contributed by atoms with Crippen molar-refractivity contribution in [3.8, 4) is 0 Å². The summed E-state index contributed by atoms with van der Waals surface area (Å²) in [5.74, 6) is 0. The summed E-state index contributed by atoms with van der Waals surface area (Å²) in [7, 11) is 1.97. The first kappa shape index (κ1) is 10.2. The van der Waals surface area contributed by atoms with Crippen molar-refractivity contribution in [2.45, 2.75) is 19.8 Å². The molecular formula is C13H17NO. The second-order valence-electron chi connectivity index (χ2n) is 3.76. The molecule has 15 heavy (non-hydrogen) atoms. The molecule has 0 aliphatic heterocycles. The largest absolute Gasteiger partial charge is 0.464 e. The van der Waals surface area contributed by atoms with Crippen molar-refractivity contribution < 1.29 is 4.42 Å². The number of benzene rings is 1. The Kier molecular flexibility index (Phi) is 3.07. The topological polar surface area (TPSA) is 25.2 Å². The predicted octanol–water partition coefficient (Wildman–Crippen LogP) is 2.76. The molecule has 0 aliphatic rings. The van der Waals surface area contributed by atoms with Crippen LogP contribution in [0.1, 0.15) is 18.1 Å². The first-order chi connectivity index (χ1) is 7.36. The van der Waals surface area contributed by atoms with Gasteiger partial charge in [0.05, 0.1) is 6.26 Å². The van der Waals surface area contributed by atoms with Gasteiger partial charge in [-0.2, -0.15) is 0 Å². The highest BCUT2D eigenvalue weighted by Gasteiger charge is 2.07. The minimum absolute atomic E-state index is 0.991. The van der Waals surface area contributed by atoms with Crippen LogP contribution in [0, 0.1) is 0 Å². The normalized spacial score (nSPS) is 11.1. The maximum Gasteiger partial charge on any atom is 0.137 e. The summed E-state index contributed by atoms with van der Waals surface area (Å²) in [4.78, 5) is 0. The summed E-state index contributed by atoms with van der Waals surface area (Å²) in [6.07, 6.45) is 3.94. The molecule has 1 N–H and O–H groups in total. The first-order valence-electron chi connectivity index (χ1n) is 5.49. The summed E-state index contributed by atoms with van der Waals surface area (Å²) in [5.41, 5.74) is 3.66. The van der Waals surface area contributed by atoms with Gasteiger partial charge in [0.25, 0.3) is 0 Å². The molecule has 2 nitrogen and oxygen atoms in total. The predicted molar refractivity (Wildman–Crippen MR) is 63.2 cm³/mol. The molecule has 0 unspecified atom stereocenters. The van der Waals surface area contributed by atoms with Gasteiger partial charge in [0.15, 0.2) is 0 Å². The van der Waals surface area contributed by atoms with Gasteiger partial charge in [-0.05, 0) is 37.6 Å². The number of likely N-dealkylation sites (N-methyl/N-ethyl adjacent to an activating group) is 1. The third-order valence-electron chi connectivity index (χ3n) is 2.79. The van der Waals surface area contributed by atoms with Gasteiger partial charge >= 0.3 is 0 Å². The van der Waals surface area contributed by atoms with E-state index < -0.39 is 0 Å². The van der Waals surface area contributed by atoms with E-state index in [9.17, 15) is 0 Å². The number of fused-ring (bicyclic) bond motifs is 1. The Hall–Kier alpha value is -1.28. The van der Waals surface area contributed by atoms with Gasteiger partial charge in [0.1, 0.15) is 5.58 Å². The summed E-state index contributed by atoms with van der Waals surface area (Å²) in [6, 6.07) is 6.39. The highest BCUT2D eigenvalue weighted by atomic mass is 16.3. The zero-order chi connectivity index (χ0) is 10.7. The lowest BCUT2D eigenvalue weighted by Gasteiger charge is -1.99. The van der Waals surface area contributed by atoms with Crippen molar-refractivity contribution in [2.75, 3.05) is 13.6 Å². The van der Waals surface area contributed by atoms with Crippen LogP contribution in [0.5, 0.6) is 0 Å². The quantitative estimate of drug-likeness (QED) is 0.826. The van der Waals surface area contributed by atoms with Crippen LogP contribution >= 0.6 is 0 Å². The molecule has 0 spiro atoms. The second kappa shape index (κ2) is 4.49. The molecule has 0 radical (unpaired) electrons. The number of nitrogens with one attached hydrogen (secondary N) is 1. The average molecular weight is 203 g/mol. The van der Waals surface area contributed by atoms with Gasteiger partial charge in [-0.15, -0.1) is 0 Å². The van der Waals surface area contributed by atoms with E-state index in [-0.39, 0.29) is 0 Å². The third kappa shape index (κ3) is 1.90. The highest BCUT2D eigenvalue weighted by molar-refractivity contribution is 5.83. The minimum atomic E-state index is 0.991. The van der Waals surface area contributed by atoms with Gasteiger partial charge in [0, 0.05) is 5.39 Å².